The van der Waals surface area contributed by atoms with Crippen molar-refractivity contribution in [1.29, 1.82) is 0 Å². The maximum absolute atomic E-state index is 15.8. The molecule has 2 heterocycles. The second-order valence-corrected chi connectivity index (χ2v) is 24.4. The van der Waals surface area contributed by atoms with E-state index in [9.17, 15) is 15.0 Å². The summed E-state index contributed by atoms with van der Waals surface area (Å²) >= 11 is 0. The number of ether oxygens (including phenoxy) is 3. The second kappa shape index (κ2) is 11.3. The minimum atomic E-state index is -2.41. The van der Waals surface area contributed by atoms with Crippen LogP contribution >= 0.6 is 0 Å². The summed E-state index contributed by atoms with van der Waals surface area (Å²) in [5, 5.41) is 24.1. The van der Waals surface area contributed by atoms with E-state index in [0.29, 0.717) is 17.6 Å². The lowest BCUT2D eigenvalue weighted by Crippen LogP contribution is -2.81. The summed E-state index contributed by atoms with van der Waals surface area (Å²) in [4.78, 5) is 29.0. The zero-order valence-corrected chi connectivity index (χ0v) is 30.6. The summed E-state index contributed by atoms with van der Waals surface area (Å²) in [6.07, 6.45) is -4.49. The molecule has 0 aromatic rings. The molecule has 5 rings (SSSR count). The highest BCUT2D eigenvalue weighted by molar-refractivity contribution is 6.74. The van der Waals surface area contributed by atoms with Crippen LogP contribution in [0, 0.1) is 16.7 Å². The largest absolute Gasteiger partial charge is 0.509 e. The van der Waals surface area contributed by atoms with Gasteiger partial charge in [-0.05, 0) is 61.3 Å². The van der Waals surface area contributed by atoms with Gasteiger partial charge < -0.3 is 33.3 Å². The minimum Gasteiger partial charge on any atom is -0.426 e. The second-order valence-electron chi connectivity index (χ2n) is 15.0. The Labute approximate surface area is 265 Å². The Kier molecular flexibility index (Phi) is 8.77. The Morgan fingerprint density at radius 3 is 1.95 bits per heavy atom. The SMILES string of the molecule is CC[Si](CC)(CC)O[C@H]1C(=O)[C@]2(C)[C@@H](O[Si](CC)(CC)CC)C[C@H]3OC[C@@]3(O)[C@H]2[C@@H]2OC(=O)O[C@]23C[C@H](O)C(C)=C1C3(C)C. The number of hydrogen-bond donors (Lipinski definition) is 2. The molecule has 5 aliphatic rings. The Morgan fingerprint density at radius 2 is 1.45 bits per heavy atom. The molecule has 44 heavy (non-hydrogen) atoms. The number of hydrogen-bond acceptors (Lipinski definition) is 9. The molecule has 2 N–H and O–H groups in total. The molecule has 9 nitrogen and oxygen atoms in total. The smallest absolute Gasteiger partial charge is 0.426 e. The van der Waals surface area contributed by atoms with Crippen molar-refractivity contribution in [3.8, 4) is 0 Å². The fourth-order valence-corrected chi connectivity index (χ4v) is 15.4. The van der Waals surface area contributed by atoms with Gasteiger partial charge in [-0.1, -0.05) is 55.4 Å². The predicted octanol–water partition coefficient (Wildman–Crippen LogP) is 5.89. The van der Waals surface area contributed by atoms with E-state index < -0.39 is 81.3 Å². The lowest BCUT2D eigenvalue weighted by atomic mass is 9.45. The fourth-order valence-electron chi connectivity index (χ4n) is 9.77. The van der Waals surface area contributed by atoms with Crippen LogP contribution in [0.1, 0.15) is 82.1 Å². The van der Waals surface area contributed by atoms with Crippen LogP contribution in [0.3, 0.4) is 0 Å². The third kappa shape index (κ3) is 4.39. The number of rotatable bonds is 10. The number of Topliss-reactive ketones (excluding diaryl/α,β-unsaturated/α-hetero) is 1. The number of ketones is 1. The highest BCUT2D eigenvalue weighted by Gasteiger charge is 2.79. The molecule has 4 fully saturated rings. The topological polar surface area (TPSA) is 121 Å². The zero-order valence-electron chi connectivity index (χ0n) is 28.6. The van der Waals surface area contributed by atoms with Gasteiger partial charge in [-0.3, -0.25) is 4.79 Å². The van der Waals surface area contributed by atoms with Gasteiger partial charge in [0.05, 0.1) is 30.3 Å². The molecule has 0 aromatic heterocycles. The maximum atomic E-state index is 15.8. The van der Waals surface area contributed by atoms with Crippen LogP contribution in [-0.2, 0) is 27.9 Å². The molecule has 2 bridgehead atoms. The Hall–Kier alpha value is -1.09. The Bertz CT molecular complexity index is 1180. The van der Waals surface area contributed by atoms with Gasteiger partial charge in [0.1, 0.15) is 11.7 Å². The highest BCUT2D eigenvalue weighted by atomic mass is 28.4. The van der Waals surface area contributed by atoms with Gasteiger partial charge >= 0.3 is 6.16 Å². The molecule has 2 saturated heterocycles. The Morgan fingerprint density at radius 1 is 0.909 bits per heavy atom. The van der Waals surface area contributed by atoms with Crippen molar-refractivity contribution >= 4 is 28.6 Å². The molecule has 11 heteroatoms. The van der Waals surface area contributed by atoms with Gasteiger partial charge in [-0.25, -0.2) is 4.79 Å². The summed E-state index contributed by atoms with van der Waals surface area (Å²) < 4.78 is 32.9. The van der Waals surface area contributed by atoms with Gasteiger partial charge in [0, 0.05) is 24.2 Å². The van der Waals surface area contributed by atoms with Crippen LogP contribution in [0.5, 0.6) is 0 Å². The molecular formula is C33H56O9Si2. The minimum absolute atomic E-state index is 0.0216. The standard InChI is InChI=1S/C33H56O9Si2/c1-11-43(12-2,13-3)41-22-17-23-32(37,19-38-23)26-28-33(40-29(36)39-28)18-21(34)20(7)24(30(33,8)9)25(27(35)31(22,26)10)42-44(14-4,15-5)16-6/h21-23,25-26,28,34,37H,11-19H2,1-10H3/t21-,22-,23+,25+,26-,28-,31+,32-,33+/m0/s1. The normalized spacial score (nSPS) is 41.5. The third-order valence-electron chi connectivity index (χ3n) is 13.4. The van der Waals surface area contributed by atoms with Crippen molar-refractivity contribution in [1.82, 2.24) is 0 Å². The van der Waals surface area contributed by atoms with Crippen LogP contribution in [0.4, 0.5) is 4.79 Å². The first-order chi connectivity index (χ1) is 20.6. The van der Waals surface area contributed by atoms with Gasteiger partial charge in [0.2, 0.25) is 0 Å². The van der Waals surface area contributed by atoms with Gasteiger partial charge in [-0.15, -0.1) is 0 Å². The number of carbonyl (C=O) groups excluding carboxylic acids is 2. The van der Waals surface area contributed by atoms with Crippen molar-refractivity contribution in [2.24, 2.45) is 16.7 Å². The van der Waals surface area contributed by atoms with E-state index >= 15 is 4.79 Å². The molecule has 250 valence electrons. The molecule has 0 aromatic carbocycles. The van der Waals surface area contributed by atoms with Crippen molar-refractivity contribution in [3.05, 3.63) is 11.1 Å². The first kappa shape index (κ1) is 34.3. The van der Waals surface area contributed by atoms with E-state index in [2.05, 4.69) is 41.5 Å². The quantitative estimate of drug-likeness (QED) is 0.169. The predicted molar refractivity (Wildman–Crippen MR) is 171 cm³/mol. The van der Waals surface area contributed by atoms with Crippen LogP contribution in [0.25, 0.3) is 0 Å². The van der Waals surface area contributed by atoms with E-state index in [-0.39, 0.29) is 18.8 Å². The molecule has 2 saturated carbocycles. The molecular weight excluding hydrogens is 597 g/mol. The monoisotopic (exact) mass is 652 g/mol. The average molecular weight is 653 g/mol. The number of aliphatic hydroxyl groups excluding tert-OH is 1. The van der Waals surface area contributed by atoms with Gasteiger partial charge in [-0.2, -0.15) is 0 Å². The molecule has 2 aliphatic heterocycles. The maximum Gasteiger partial charge on any atom is 0.509 e. The summed E-state index contributed by atoms with van der Waals surface area (Å²) in [7, 11) is -4.68. The van der Waals surface area contributed by atoms with E-state index in [0.717, 1.165) is 36.3 Å². The molecule has 1 spiro atoms. The van der Waals surface area contributed by atoms with Gasteiger partial charge in [0.25, 0.3) is 0 Å². The number of fused-ring (bicyclic) bond motifs is 5. The summed E-state index contributed by atoms with van der Waals surface area (Å²) in [6, 6.07) is 5.20. The third-order valence-corrected chi connectivity index (χ3v) is 22.7. The van der Waals surface area contributed by atoms with Crippen LogP contribution in [-0.4, -0.2) is 87.1 Å². The van der Waals surface area contributed by atoms with Crippen LogP contribution < -0.4 is 0 Å². The van der Waals surface area contributed by atoms with Gasteiger partial charge in [0.15, 0.2) is 34.1 Å². The first-order valence-corrected chi connectivity index (χ1v) is 22.1. The summed E-state index contributed by atoms with van der Waals surface area (Å²) in [6.45, 7) is 20.7. The zero-order chi connectivity index (χ0) is 32.7. The lowest BCUT2D eigenvalue weighted by Gasteiger charge is -2.67. The molecule has 0 unspecified atom stereocenters. The fraction of sp³-hybridized carbons (Fsp3) is 0.879. The number of aliphatic hydroxyl groups is 2. The van der Waals surface area contributed by atoms with Crippen LogP contribution in [0.2, 0.25) is 36.3 Å². The van der Waals surface area contributed by atoms with Crippen molar-refractivity contribution < 1.29 is 42.9 Å². The molecule has 9 atom stereocenters. The van der Waals surface area contributed by atoms with E-state index in [1.165, 1.54) is 0 Å². The molecule has 0 radical (unpaired) electrons. The number of carbonyl (C=O) groups is 2. The van der Waals surface area contributed by atoms with E-state index in [1.807, 2.05) is 27.7 Å². The summed E-state index contributed by atoms with van der Waals surface area (Å²) in [5.41, 5.74) is -3.65. The summed E-state index contributed by atoms with van der Waals surface area (Å²) in [5.74, 6) is -1.04. The van der Waals surface area contributed by atoms with Crippen LogP contribution in [0.15, 0.2) is 11.1 Å². The highest BCUT2D eigenvalue weighted by Crippen LogP contribution is 2.66. The average Bonchev–Trinajstić information content (AvgIpc) is 3.32. The molecule has 0 amide bonds. The van der Waals surface area contributed by atoms with Crippen molar-refractivity contribution in [2.45, 2.75) is 160 Å². The van der Waals surface area contributed by atoms with Crippen molar-refractivity contribution in [2.75, 3.05) is 6.61 Å². The Balaban J connectivity index is 1.83. The van der Waals surface area contributed by atoms with Crippen molar-refractivity contribution in [3.63, 3.8) is 0 Å². The van der Waals surface area contributed by atoms with E-state index in [1.54, 1.807) is 0 Å². The molecule has 3 aliphatic carbocycles. The van der Waals surface area contributed by atoms with E-state index in [4.69, 9.17) is 23.1 Å². The lowest BCUT2D eigenvalue weighted by molar-refractivity contribution is -0.332. The first-order valence-electron chi connectivity index (χ1n) is 17.1.